The maximum Gasteiger partial charge on any atom is 0.0830 e. The van der Waals surface area contributed by atoms with E-state index in [-0.39, 0.29) is 0 Å². The molecule has 0 heterocycles. The summed E-state index contributed by atoms with van der Waals surface area (Å²) in [7, 11) is 0. The summed E-state index contributed by atoms with van der Waals surface area (Å²) in [6, 6.07) is 8.75. The molecule has 0 aromatic heterocycles. The van der Waals surface area contributed by atoms with Crippen LogP contribution in [0.15, 0.2) is 36.7 Å². The van der Waals surface area contributed by atoms with Gasteiger partial charge in [-0.1, -0.05) is 43.7 Å². The summed E-state index contributed by atoms with van der Waals surface area (Å²) < 4.78 is 11.9. The van der Waals surface area contributed by atoms with E-state index in [2.05, 4.69) is 31.2 Å². The number of benzene rings is 1. The monoisotopic (exact) mass is 246 g/mol. The standard InChI is InChI=1S/C17H23F/c1-2-14-5-9-16(10-6-14)17-11-7-15(8-12-17)4-3-13-18/h3,7-8,11-14,16H,2,4-6,9-10H2,1H3/b13-3+. The van der Waals surface area contributed by atoms with Gasteiger partial charge in [0.2, 0.25) is 0 Å². The molecule has 0 N–H and O–H groups in total. The Bertz CT molecular complexity index is 369. The molecule has 0 atom stereocenters. The normalized spacial score (nSPS) is 24.6. The van der Waals surface area contributed by atoms with Crippen LogP contribution < -0.4 is 0 Å². The van der Waals surface area contributed by atoms with Crippen molar-refractivity contribution in [2.24, 2.45) is 5.92 Å². The van der Waals surface area contributed by atoms with E-state index in [1.807, 2.05) is 0 Å². The first-order chi connectivity index (χ1) is 8.83. The fourth-order valence-corrected chi connectivity index (χ4v) is 3.01. The largest absolute Gasteiger partial charge is 0.216 e. The van der Waals surface area contributed by atoms with Crippen molar-refractivity contribution in [3.05, 3.63) is 47.8 Å². The number of rotatable bonds is 4. The van der Waals surface area contributed by atoms with E-state index >= 15 is 0 Å². The van der Waals surface area contributed by atoms with E-state index in [0.717, 1.165) is 11.8 Å². The van der Waals surface area contributed by atoms with Crippen LogP contribution in [0, 0.1) is 5.92 Å². The highest BCUT2D eigenvalue weighted by Gasteiger charge is 2.20. The van der Waals surface area contributed by atoms with Gasteiger partial charge in [0, 0.05) is 0 Å². The van der Waals surface area contributed by atoms with Crippen LogP contribution in [0.4, 0.5) is 4.39 Å². The Morgan fingerprint density at radius 1 is 1.11 bits per heavy atom. The zero-order valence-electron chi connectivity index (χ0n) is 11.2. The molecule has 18 heavy (non-hydrogen) atoms. The fourth-order valence-electron chi connectivity index (χ4n) is 3.01. The summed E-state index contributed by atoms with van der Waals surface area (Å²) in [6.07, 6.45) is 9.65. The van der Waals surface area contributed by atoms with E-state index in [9.17, 15) is 4.39 Å². The molecule has 1 saturated carbocycles. The SMILES string of the molecule is CCC1CCC(c2ccc(C/C=C/F)cc2)CC1. The van der Waals surface area contributed by atoms with Crippen LogP contribution in [-0.2, 0) is 6.42 Å². The van der Waals surface area contributed by atoms with Gasteiger partial charge in [0.05, 0.1) is 6.33 Å². The third kappa shape index (κ3) is 3.44. The first kappa shape index (κ1) is 13.3. The number of allylic oxidation sites excluding steroid dienone is 1. The van der Waals surface area contributed by atoms with Gasteiger partial charge < -0.3 is 0 Å². The van der Waals surface area contributed by atoms with Gasteiger partial charge in [-0.15, -0.1) is 0 Å². The van der Waals surface area contributed by atoms with Gasteiger partial charge in [-0.05, 0) is 55.1 Å². The quantitative estimate of drug-likeness (QED) is 0.667. The average molecular weight is 246 g/mol. The molecule has 1 aliphatic carbocycles. The molecule has 0 saturated heterocycles. The summed E-state index contributed by atoms with van der Waals surface area (Å²) >= 11 is 0. The Hall–Kier alpha value is -1.11. The highest BCUT2D eigenvalue weighted by Crippen LogP contribution is 2.36. The maximum atomic E-state index is 11.9. The molecule has 0 nitrogen and oxygen atoms in total. The maximum absolute atomic E-state index is 11.9. The summed E-state index contributed by atoms with van der Waals surface area (Å²) in [4.78, 5) is 0. The fraction of sp³-hybridized carbons (Fsp3) is 0.529. The molecule has 0 radical (unpaired) electrons. The first-order valence-electron chi connectivity index (χ1n) is 7.17. The highest BCUT2D eigenvalue weighted by atomic mass is 19.1. The predicted molar refractivity (Wildman–Crippen MR) is 75.4 cm³/mol. The van der Waals surface area contributed by atoms with Crippen LogP contribution in [-0.4, -0.2) is 0 Å². The summed E-state index contributed by atoms with van der Waals surface area (Å²) in [6.45, 7) is 2.30. The van der Waals surface area contributed by atoms with E-state index in [0.29, 0.717) is 12.8 Å². The topological polar surface area (TPSA) is 0 Å². The van der Waals surface area contributed by atoms with Crippen LogP contribution in [0.25, 0.3) is 0 Å². The number of hydrogen-bond donors (Lipinski definition) is 0. The Balaban J connectivity index is 1.93. The molecule has 1 aromatic rings. The van der Waals surface area contributed by atoms with Crippen LogP contribution in [0.2, 0.25) is 0 Å². The second-order valence-electron chi connectivity index (χ2n) is 5.43. The minimum Gasteiger partial charge on any atom is -0.216 e. The third-order valence-electron chi connectivity index (χ3n) is 4.32. The van der Waals surface area contributed by atoms with Crippen molar-refractivity contribution in [2.45, 2.75) is 51.4 Å². The third-order valence-corrected chi connectivity index (χ3v) is 4.32. The lowest BCUT2D eigenvalue weighted by atomic mass is 9.78. The minimum atomic E-state index is 0.625. The molecule has 0 unspecified atom stereocenters. The molecular formula is C17H23F. The Kier molecular flexibility index (Phi) is 4.98. The van der Waals surface area contributed by atoms with Crippen molar-refractivity contribution in [3.63, 3.8) is 0 Å². The van der Waals surface area contributed by atoms with Crippen molar-refractivity contribution >= 4 is 0 Å². The predicted octanol–water partition coefficient (Wildman–Crippen LogP) is 5.40. The van der Waals surface area contributed by atoms with E-state index in [4.69, 9.17) is 0 Å². The lowest BCUT2D eigenvalue weighted by Crippen LogP contribution is -2.12. The Labute approximate surface area is 110 Å². The first-order valence-corrected chi connectivity index (χ1v) is 7.17. The van der Waals surface area contributed by atoms with Crippen molar-refractivity contribution in [1.29, 1.82) is 0 Å². The second kappa shape index (κ2) is 6.72. The van der Waals surface area contributed by atoms with Gasteiger partial charge in [0.1, 0.15) is 0 Å². The van der Waals surface area contributed by atoms with Crippen LogP contribution >= 0.6 is 0 Å². The molecule has 2 rings (SSSR count). The van der Waals surface area contributed by atoms with Gasteiger partial charge in [0.25, 0.3) is 0 Å². The Morgan fingerprint density at radius 3 is 2.33 bits per heavy atom. The molecule has 1 aromatic carbocycles. The Morgan fingerprint density at radius 2 is 1.78 bits per heavy atom. The lowest BCUT2D eigenvalue weighted by molar-refractivity contribution is 0.319. The van der Waals surface area contributed by atoms with Crippen LogP contribution in [0.5, 0.6) is 0 Å². The van der Waals surface area contributed by atoms with Crippen molar-refractivity contribution in [2.75, 3.05) is 0 Å². The molecule has 0 spiro atoms. The smallest absolute Gasteiger partial charge is 0.0830 e. The highest BCUT2D eigenvalue weighted by molar-refractivity contribution is 5.27. The molecule has 1 heteroatoms. The van der Waals surface area contributed by atoms with Gasteiger partial charge in [-0.2, -0.15) is 0 Å². The molecule has 98 valence electrons. The summed E-state index contributed by atoms with van der Waals surface area (Å²) in [5.74, 6) is 1.70. The van der Waals surface area contributed by atoms with Crippen LogP contribution in [0.3, 0.4) is 0 Å². The number of halogens is 1. The van der Waals surface area contributed by atoms with Gasteiger partial charge in [-0.25, -0.2) is 4.39 Å². The van der Waals surface area contributed by atoms with E-state index in [1.165, 1.54) is 43.2 Å². The zero-order chi connectivity index (χ0) is 12.8. The van der Waals surface area contributed by atoms with Crippen LogP contribution in [0.1, 0.15) is 56.1 Å². The molecule has 1 aliphatic rings. The minimum absolute atomic E-state index is 0.625. The van der Waals surface area contributed by atoms with Crippen molar-refractivity contribution < 1.29 is 4.39 Å². The van der Waals surface area contributed by atoms with Crippen molar-refractivity contribution in [1.82, 2.24) is 0 Å². The molecule has 0 bridgehead atoms. The number of hydrogen-bond acceptors (Lipinski definition) is 0. The lowest BCUT2D eigenvalue weighted by Gasteiger charge is -2.28. The summed E-state index contributed by atoms with van der Waals surface area (Å²) in [5, 5.41) is 0. The van der Waals surface area contributed by atoms with E-state index in [1.54, 1.807) is 6.08 Å². The van der Waals surface area contributed by atoms with Crippen molar-refractivity contribution in [3.8, 4) is 0 Å². The average Bonchev–Trinajstić information content (AvgIpc) is 2.46. The molecule has 1 fully saturated rings. The second-order valence-corrected chi connectivity index (χ2v) is 5.43. The molecule has 0 amide bonds. The van der Waals surface area contributed by atoms with Gasteiger partial charge in [0.15, 0.2) is 0 Å². The van der Waals surface area contributed by atoms with E-state index < -0.39 is 0 Å². The molecular weight excluding hydrogens is 223 g/mol. The van der Waals surface area contributed by atoms with Gasteiger partial charge in [-0.3, -0.25) is 0 Å². The summed E-state index contributed by atoms with van der Waals surface area (Å²) in [5.41, 5.74) is 2.66. The zero-order valence-corrected chi connectivity index (χ0v) is 11.2. The van der Waals surface area contributed by atoms with Gasteiger partial charge >= 0.3 is 0 Å². The molecule has 0 aliphatic heterocycles.